The molecule has 4 heteroatoms. The third-order valence-corrected chi connectivity index (χ3v) is 3.90. The van der Waals surface area contributed by atoms with E-state index in [-0.39, 0.29) is 0 Å². The number of hydrogen-bond acceptors (Lipinski definition) is 3. The van der Waals surface area contributed by atoms with Gasteiger partial charge in [0.15, 0.2) is 0 Å². The first kappa shape index (κ1) is 13.8. The van der Waals surface area contributed by atoms with Crippen LogP contribution in [0.4, 0.5) is 0 Å². The van der Waals surface area contributed by atoms with Crippen LogP contribution in [0.1, 0.15) is 5.56 Å². The van der Waals surface area contributed by atoms with E-state index in [1.54, 1.807) is 0 Å². The Morgan fingerprint density at radius 1 is 1.22 bits per heavy atom. The largest absolute Gasteiger partial charge is 0.492 e. The van der Waals surface area contributed by atoms with Crippen molar-refractivity contribution >= 4 is 15.9 Å². The zero-order valence-corrected chi connectivity index (χ0v) is 12.7. The van der Waals surface area contributed by atoms with Crippen LogP contribution >= 0.6 is 15.9 Å². The number of piperazine rings is 1. The van der Waals surface area contributed by atoms with Gasteiger partial charge in [0.25, 0.3) is 0 Å². The topological polar surface area (TPSA) is 15.7 Å². The Morgan fingerprint density at radius 2 is 1.94 bits per heavy atom. The fourth-order valence-electron chi connectivity index (χ4n) is 2.09. The van der Waals surface area contributed by atoms with Gasteiger partial charge in [0, 0.05) is 37.2 Å². The van der Waals surface area contributed by atoms with Gasteiger partial charge in [-0.2, -0.15) is 0 Å². The molecule has 1 aliphatic heterocycles. The highest BCUT2D eigenvalue weighted by atomic mass is 79.9. The Kier molecular flexibility index (Phi) is 5.03. The lowest BCUT2D eigenvalue weighted by Gasteiger charge is -2.32. The average molecular weight is 313 g/mol. The van der Waals surface area contributed by atoms with Crippen molar-refractivity contribution in [1.82, 2.24) is 9.80 Å². The molecule has 0 unspecified atom stereocenters. The minimum absolute atomic E-state index is 0.765. The van der Waals surface area contributed by atoms with Crippen molar-refractivity contribution in [2.24, 2.45) is 0 Å². The monoisotopic (exact) mass is 312 g/mol. The third kappa shape index (κ3) is 3.97. The van der Waals surface area contributed by atoms with Gasteiger partial charge in [-0.05, 0) is 31.7 Å². The van der Waals surface area contributed by atoms with Crippen LogP contribution in [0.15, 0.2) is 22.7 Å². The highest BCUT2D eigenvalue weighted by Crippen LogP contribution is 2.22. The molecule has 0 bridgehead atoms. The number of benzene rings is 1. The minimum Gasteiger partial charge on any atom is -0.492 e. The Hall–Kier alpha value is -0.580. The molecule has 1 aromatic carbocycles. The second kappa shape index (κ2) is 6.55. The van der Waals surface area contributed by atoms with Crippen LogP contribution in [0.25, 0.3) is 0 Å². The van der Waals surface area contributed by atoms with Crippen LogP contribution in [0, 0.1) is 6.92 Å². The van der Waals surface area contributed by atoms with Crippen LogP contribution in [-0.2, 0) is 0 Å². The molecule has 1 aliphatic rings. The highest BCUT2D eigenvalue weighted by molar-refractivity contribution is 9.10. The van der Waals surface area contributed by atoms with Crippen LogP contribution in [0.5, 0.6) is 5.75 Å². The summed E-state index contributed by atoms with van der Waals surface area (Å²) in [6.07, 6.45) is 0. The maximum atomic E-state index is 5.86. The quantitative estimate of drug-likeness (QED) is 0.849. The van der Waals surface area contributed by atoms with E-state index >= 15 is 0 Å². The summed E-state index contributed by atoms with van der Waals surface area (Å²) in [6, 6.07) is 6.16. The molecule has 0 atom stereocenters. The molecule has 18 heavy (non-hydrogen) atoms. The first-order valence-corrected chi connectivity index (χ1v) is 7.24. The van der Waals surface area contributed by atoms with Crippen molar-refractivity contribution in [3.05, 3.63) is 28.2 Å². The fraction of sp³-hybridized carbons (Fsp3) is 0.571. The SMILES string of the molecule is Cc1ccc(Br)cc1OCCN1CCN(C)CC1. The second-order valence-electron chi connectivity index (χ2n) is 4.90. The van der Waals surface area contributed by atoms with Crippen molar-refractivity contribution in [1.29, 1.82) is 0 Å². The van der Waals surface area contributed by atoms with Gasteiger partial charge in [-0.1, -0.05) is 22.0 Å². The highest BCUT2D eigenvalue weighted by Gasteiger charge is 2.13. The Bertz CT molecular complexity index is 389. The van der Waals surface area contributed by atoms with Gasteiger partial charge < -0.3 is 9.64 Å². The number of likely N-dealkylation sites (N-methyl/N-ethyl adjacent to an activating group) is 1. The van der Waals surface area contributed by atoms with E-state index in [2.05, 4.69) is 45.8 Å². The summed E-state index contributed by atoms with van der Waals surface area (Å²) in [6.45, 7) is 8.49. The lowest BCUT2D eigenvalue weighted by Crippen LogP contribution is -2.45. The van der Waals surface area contributed by atoms with Gasteiger partial charge >= 0.3 is 0 Å². The molecule has 0 radical (unpaired) electrons. The first-order chi connectivity index (χ1) is 8.65. The summed E-state index contributed by atoms with van der Waals surface area (Å²) in [7, 11) is 2.18. The molecule has 3 nitrogen and oxygen atoms in total. The van der Waals surface area contributed by atoms with Gasteiger partial charge in [-0.15, -0.1) is 0 Å². The smallest absolute Gasteiger partial charge is 0.123 e. The molecular formula is C14H21BrN2O. The van der Waals surface area contributed by atoms with Crippen LogP contribution in [-0.4, -0.2) is 56.2 Å². The average Bonchev–Trinajstić information content (AvgIpc) is 2.36. The normalized spacial score (nSPS) is 17.9. The van der Waals surface area contributed by atoms with Crippen molar-refractivity contribution in [2.45, 2.75) is 6.92 Å². The van der Waals surface area contributed by atoms with Crippen LogP contribution < -0.4 is 4.74 Å². The summed E-state index contributed by atoms with van der Waals surface area (Å²) in [5.74, 6) is 0.985. The van der Waals surface area contributed by atoms with E-state index in [9.17, 15) is 0 Å². The van der Waals surface area contributed by atoms with Gasteiger partial charge in [0.05, 0.1) is 0 Å². The molecule has 1 aromatic rings. The molecule has 0 aliphatic carbocycles. The van der Waals surface area contributed by atoms with Gasteiger partial charge in [0.1, 0.15) is 12.4 Å². The first-order valence-electron chi connectivity index (χ1n) is 6.45. The predicted molar refractivity (Wildman–Crippen MR) is 78.3 cm³/mol. The molecule has 100 valence electrons. The Morgan fingerprint density at radius 3 is 2.67 bits per heavy atom. The summed E-state index contributed by atoms with van der Waals surface area (Å²) in [4.78, 5) is 4.84. The standard InChI is InChI=1S/C14H21BrN2O/c1-12-3-4-13(15)11-14(12)18-10-9-17-7-5-16(2)6-8-17/h3-4,11H,5-10H2,1-2H3. The van der Waals surface area contributed by atoms with Crippen LogP contribution in [0.2, 0.25) is 0 Å². The number of halogens is 1. The van der Waals surface area contributed by atoms with Gasteiger partial charge in [0.2, 0.25) is 0 Å². The van der Waals surface area contributed by atoms with Gasteiger partial charge in [-0.25, -0.2) is 0 Å². The van der Waals surface area contributed by atoms with Crippen molar-refractivity contribution in [3.8, 4) is 5.75 Å². The molecule has 0 N–H and O–H groups in total. The number of rotatable bonds is 4. The van der Waals surface area contributed by atoms with E-state index in [0.717, 1.165) is 49.6 Å². The zero-order valence-electron chi connectivity index (χ0n) is 11.2. The molecule has 2 rings (SSSR count). The second-order valence-corrected chi connectivity index (χ2v) is 5.82. The molecule has 1 fully saturated rings. The lowest BCUT2D eigenvalue weighted by atomic mass is 10.2. The van der Waals surface area contributed by atoms with Gasteiger partial charge in [-0.3, -0.25) is 4.90 Å². The summed E-state index contributed by atoms with van der Waals surface area (Å²) in [5.41, 5.74) is 1.19. The van der Waals surface area contributed by atoms with Crippen LogP contribution in [0.3, 0.4) is 0 Å². The number of hydrogen-bond donors (Lipinski definition) is 0. The third-order valence-electron chi connectivity index (χ3n) is 3.41. The van der Waals surface area contributed by atoms with Crippen molar-refractivity contribution in [3.63, 3.8) is 0 Å². The Labute approximate surface area is 118 Å². The van der Waals surface area contributed by atoms with E-state index in [4.69, 9.17) is 4.74 Å². The molecule has 0 saturated carbocycles. The minimum atomic E-state index is 0.765. The summed E-state index contributed by atoms with van der Waals surface area (Å²) < 4.78 is 6.93. The fourth-order valence-corrected chi connectivity index (χ4v) is 2.43. The zero-order chi connectivity index (χ0) is 13.0. The van der Waals surface area contributed by atoms with E-state index in [0.29, 0.717) is 0 Å². The van der Waals surface area contributed by atoms with E-state index in [1.807, 2.05) is 12.1 Å². The molecule has 1 saturated heterocycles. The number of aryl methyl sites for hydroxylation is 1. The number of nitrogens with zero attached hydrogens (tertiary/aromatic N) is 2. The maximum Gasteiger partial charge on any atom is 0.123 e. The molecule has 0 amide bonds. The number of ether oxygens (including phenoxy) is 1. The maximum absolute atomic E-state index is 5.86. The lowest BCUT2D eigenvalue weighted by molar-refractivity contribution is 0.133. The molecule has 0 spiro atoms. The van der Waals surface area contributed by atoms with E-state index in [1.165, 1.54) is 5.56 Å². The molecule has 0 aromatic heterocycles. The van der Waals surface area contributed by atoms with Crippen molar-refractivity contribution in [2.75, 3.05) is 46.4 Å². The van der Waals surface area contributed by atoms with Crippen molar-refractivity contribution < 1.29 is 4.74 Å². The Balaban J connectivity index is 1.76. The molecular weight excluding hydrogens is 292 g/mol. The summed E-state index contributed by atoms with van der Waals surface area (Å²) in [5, 5.41) is 0. The predicted octanol–water partition coefficient (Wildman–Crippen LogP) is 2.38. The van der Waals surface area contributed by atoms with E-state index < -0.39 is 0 Å². The summed E-state index contributed by atoms with van der Waals surface area (Å²) >= 11 is 3.48. The molecule has 1 heterocycles.